The monoisotopic (exact) mass is 349 g/mol. The molecular weight excluding hydrogens is 340 g/mol. The molecule has 2 heterocycles. The zero-order valence-electron chi connectivity index (χ0n) is 11.9. The number of nitriles is 2. The smallest absolute Gasteiger partial charge is 0.421 e. The summed E-state index contributed by atoms with van der Waals surface area (Å²) in [5, 5.41) is 27.0. The summed E-state index contributed by atoms with van der Waals surface area (Å²) in [6.07, 6.45) is -2.78. The van der Waals surface area contributed by atoms with Gasteiger partial charge in [-0.15, -0.1) is 12.6 Å². The lowest BCUT2D eigenvalue weighted by molar-refractivity contribution is -0.200. The van der Waals surface area contributed by atoms with E-state index in [1.807, 2.05) is 12.1 Å². The molecule has 0 spiro atoms. The van der Waals surface area contributed by atoms with Crippen LogP contribution in [0.2, 0.25) is 0 Å². The third-order valence-electron chi connectivity index (χ3n) is 2.87. The number of nitrogens with zero attached hydrogens (tertiary/aromatic N) is 4. The van der Waals surface area contributed by atoms with E-state index in [2.05, 4.69) is 27.3 Å². The molecule has 2 rings (SSSR count). The number of nitrogen functional groups attached to an aromatic ring is 1. The van der Waals surface area contributed by atoms with Gasteiger partial charge in [0.15, 0.2) is 0 Å². The summed E-state index contributed by atoms with van der Waals surface area (Å²) < 4.78 is 30.2. The van der Waals surface area contributed by atoms with E-state index >= 15 is 0 Å². The zero-order chi connectivity index (χ0) is 17.9. The normalized spacial score (nSPS) is 10.8. The van der Waals surface area contributed by atoms with Crippen LogP contribution >= 0.6 is 12.6 Å². The number of aromatic nitrogens is 2. The van der Waals surface area contributed by atoms with E-state index in [1.165, 1.54) is 6.07 Å². The molecule has 3 N–H and O–H groups in total. The molecule has 0 radical (unpaired) electrons. The average molecular weight is 349 g/mol. The molecule has 0 aliphatic heterocycles. The van der Waals surface area contributed by atoms with Crippen LogP contribution in [0.4, 0.5) is 14.6 Å². The second-order valence-electron chi connectivity index (χ2n) is 4.45. The lowest BCUT2D eigenvalue weighted by Crippen LogP contribution is -2.29. The molecule has 0 aliphatic carbocycles. The summed E-state index contributed by atoms with van der Waals surface area (Å²) in [5.74, 6) is -0.437. The van der Waals surface area contributed by atoms with Gasteiger partial charge in [0.1, 0.15) is 40.9 Å². The van der Waals surface area contributed by atoms with Crippen molar-refractivity contribution in [3.8, 4) is 29.1 Å². The number of hydrogen-bond acceptors (Lipinski definition) is 8. The van der Waals surface area contributed by atoms with Gasteiger partial charge in [-0.25, -0.2) is 4.98 Å². The van der Waals surface area contributed by atoms with Gasteiger partial charge in [0, 0.05) is 5.56 Å². The van der Waals surface area contributed by atoms with Crippen molar-refractivity contribution in [2.24, 2.45) is 0 Å². The van der Waals surface area contributed by atoms with Gasteiger partial charge in [-0.05, 0) is 12.1 Å². The summed E-state index contributed by atoms with van der Waals surface area (Å²) >= 11 is 4.04. The highest BCUT2D eigenvalue weighted by Crippen LogP contribution is 2.33. The number of halogens is 2. The SMILES string of the molecule is N#Cc1c(N)nc(S)c(C#N)c1-c1ccc(OC(F)(F)CO)cn1. The quantitative estimate of drug-likeness (QED) is 0.717. The third-order valence-corrected chi connectivity index (χ3v) is 3.20. The Hall–Kier alpha value is -2.95. The van der Waals surface area contributed by atoms with Gasteiger partial charge in [0.25, 0.3) is 0 Å². The van der Waals surface area contributed by atoms with E-state index in [4.69, 9.17) is 10.8 Å². The van der Waals surface area contributed by atoms with Crippen LogP contribution in [-0.2, 0) is 0 Å². The molecule has 24 heavy (non-hydrogen) atoms. The number of thiol groups is 1. The number of rotatable bonds is 4. The molecule has 10 heteroatoms. The molecule has 0 amide bonds. The Balaban J connectivity index is 2.54. The molecule has 7 nitrogen and oxygen atoms in total. The minimum atomic E-state index is -3.75. The van der Waals surface area contributed by atoms with E-state index in [0.717, 1.165) is 12.3 Å². The van der Waals surface area contributed by atoms with Crippen LogP contribution in [0.25, 0.3) is 11.3 Å². The highest BCUT2D eigenvalue weighted by molar-refractivity contribution is 7.80. The maximum Gasteiger partial charge on any atom is 0.421 e. The molecule has 2 aromatic heterocycles. The van der Waals surface area contributed by atoms with Crippen LogP contribution in [0, 0.1) is 22.7 Å². The molecule has 122 valence electrons. The van der Waals surface area contributed by atoms with Crippen molar-refractivity contribution in [1.82, 2.24) is 9.97 Å². The Labute approximate surface area is 140 Å². The number of pyridine rings is 2. The fraction of sp³-hybridized carbons (Fsp3) is 0.143. The van der Waals surface area contributed by atoms with E-state index in [0.29, 0.717) is 0 Å². The number of nitrogens with two attached hydrogens (primary N) is 1. The molecular formula is C14H9F2N5O2S. The largest absolute Gasteiger partial charge is 0.429 e. The molecule has 0 fully saturated rings. The van der Waals surface area contributed by atoms with Gasteiger partial charge in [-0.1, -0.05) is 0 Å². The van der Waals surface area contributed by atoms with Crippen LogP contribution in [0.15, 0.2) is 23.4 Å². The average Bonchev–Trinajstić information content (AvgIpc) is 2.55. The van der Waals surface area contributed by atoms with Gasteiger partial charge >= 0.3 is 6.11 Å². The summed E-state index contributed by atoms with van der Waals surface area (Å²) in [5.41, 5.74) is 5.78. The van der Waals surface area contributed by atoms with Crippen molar-refractivity contribution in [2.45, 2.75) is 11.1 Å². The maximum atomic E-state index is 13.0. The number of ether oxygens (including phenoxy) is 1. The minimum absolute atomic E-state index is 0.0120. The highest BCUT2D eigenvalue weighted by atomic mass is 32.1. The first-order chi connectivity index (χ1) is 11.3. The van der Waals surface area contributed by atoms with Gasteiger partial charge < -0.3 is 15.6 Å². The van der Waals surface area contributed by atoms with Crippen molar-refractivity contribution in [3.05, 3.63) is 29.5 Å². The van der Waals surface area contributed by atoms with Gasteiger partial charge in [-0.2, -0.15) is 19.3 Å². The molecule has 0 saturated heterocycles. The zero-order valence-corrected chi connectivity index (χ0v) is 12.8. The van der Waals surface area contributed by atoms with Crippen molar-refractivity contribution in [3.63, 3.8) is 0 Å². The number of aliphatic hydroxyl groups is 1. The summed E-state index contributed by atoms with van der Waals surface area (Å²) in [4.78, 5) is 7.70. The van der Waals surface area contributed by atoms with Crippen LogP contribution in [0.5, 0.6) is 5.75 Å². The van der Waals surface area contributed by atoms with Crippen LogP contribution in [0.3, 0.4) is 0 Å². The van der Waals surface area contributed by atoms with Crippen molar-refractivity contribution in [1.29, 1.82) is 10.5 Å². The summed E-state index contributed by atoms with van der Waals surface area (Å²) in [6.45, 7) is -1.49. The van der Waals surface area contributed by atoms with Gasteiger partial charge in [-0.3, -0.25) is 4.98 Å². The Bertz CT molecular complexity index is 821. The molecule has 0 aromatic carbocycles. The first-order valence-corrected chi connectivity index (χ1v) is 6.74. The van der Waals surface area contributed by atoms with Crippen molar-refractivity contribution >= 4 is 18.4 Å². The summed E-state index contributed by atoms with van der Waals surface area (Å²) in [7, 11) is 0. The van der Waals surface area contributed by atoms with E-state index in [-0.39, 0.29) is 39.0 Å². The van der Waals surface area contributed by atoms with E-state index in [9.17, 15) is 19.3 Å². The fourth-order valence-corrected chi connectivity index (χ4v) is 2.13. The number of hydrogen-bond donors (Lipinski definition) is 3. The molecule has 0 saturated carbocycles. The lowest BCUT2D eigenvalue weighted by atomic mass is 10.0. The van der Waals surface area contributed by atoms with Crippen molar-refractivity contribution < 1.29 is 18.6 Å². The Morgan fingerprint density at radius 2 is 1.96 bits per heavy atom. The molecule has 0 atom stereocenters. The van der Waals surface area contributed by atoms with Crippen LogP contribution in [-0.4, -0.2) is 27.8 Å². The van der Waals surface area contributed by atoms with E-state index in [1.54, 1.807) is 0 Å². The third kappa shape index (κ3) is 3.35. The lowest BCUT2D eigenvalue weighted by Gasteiger charge is -2.15. The Morgan fingerprint density at radius 3 is 2.46 bits per heavy atom. The highest BCUT2D eigenvalue weighted by Gasteiger charge is 2.30. The predicted octanol–water partition coefficient (Wildman–Crippen LogP) is 1.72. The first kappa shape index (κ1) is 17.4. The topological polar surface area (TPSA) is 129 Å². The maximum absolute atomic E-state index is 13.0. The Morgan fingerprint density at radius 1 is 1.29 bits per heavy atom. The molecule has 0 bridgehead atoms. The minimum Gasteiger partial charge on any atom is -0.429 e. The number of anilines is 1. The molecule has 0 aliphatic rings. The second-order valence-corrected chi connectivity index (χ2v) is 4.87. The predicted molar refractivity (Wildman–Crippen MR) is 81.2 cm³/mol. The summed E-state index contributed by atoms with van der Waals surface area (Å²) in [6, 6.07) is 6.11. The number of alkyl halides is 2. The van der Waals surface area contributed by atoms with Crippen LogP contribution < -0.4 is 10.5 Å². The standard InChI is InChI=1S/C14H9F2N5O2S/c15-14(16,6-22)23-7-1-2-10(20-5-7)11-8(3-17)12(19)21-13(24)9(11)4-18/h1-2,5,22H,6H2,(H3,19,21,24). The Kier molecular flexibility index (Phi) is 4.83. The number of aliphatic hydroxyl groups excluding tert-OH is 1. The second kappa shape index (κ2) is 6.66. The van der Waals surface area contributed by atoms with Crippen molar-refractivity contribution in [2.75, 3.05) is 12.3 Å². The van der Waals surface area contributed by atoms with Gasteiger partial charge in [0.05, 0.1) is 17.5 Å². The fourth-order valence-electron chi connectivity index (χ4n) is 1.86. The van der Waals surface area contributed by atoms with Gasteiger partial charge in [0.2, 0.25) is 0 Å². The van der Waals surface area contributed by atoms with E-state index < -0.39 is 12.7 Å². The molecule has 2 aromatic rings. The first-order valence-electron chi connectivity index (χ1n) is 6.29. The molecule has 0 unspecified atom stereocenters. The van der Waals surface area contributed by atoms with Crippen LogP contribution in [0.1, 0.15) is 11.1 Å².